The fourth-order valence-corrected chi connectivity index (χ4v) is 4.40. The Hall–Kier alpha value is -4.87. The van der Waals surface area contributed by atoms with E-state index in [1.165, 1.54) is 31.2 Å². The monoisotopic (exact) mass is 505 g/mol. The summed E-state index contributed by atoms with van der Waals surface area (Å²) in [6.07, 6.45) is 0.862. The Morgan fingerprint density at radius 1 is 1.03 bits per heavy atom. The molecule has 12 heteroatoms. The number of esters is 1. The average Bonchev–Trinajstić information content (AvgIpc) is 2.87. The maximum atomic E-state index is 13.3. The number of amides is 1. The van der Waals surface area contributed by atoms with E-state index in [1.54, 1.807) is 31.2 Å². The lowest BCUT2D eigenvalue weighted by atomic mass is 9.83. The van der Waals surface area contributed by atoms with Crippen LogP contribution in [-0.4, -0.2) is 27.4 Å². The van der Waals surface area contributed by atoms with Crippen LogP contribution in [0.25, 0.3) is 0 Å². The van der Waals surface area contributed by atoms with Crippen molar-refractivity contribution in [3.63, 3.8) is 0 Å². The zero-order valence-electron chi connectivity index (χ0n) is 20.0. The Kier molecular flexibility index (Phi) is 7.09. The molecule has 0 spiro atoms. The van der Waals surface area contributed by atoms with Crippen LogP contribution in [-0.2, 0) is 20.9 Å². The third-order valence-electron chi connectivity index (χ3n) is 6.15. The number of allylic oxidation sites excluding steroid dienone is 3. The number of dihydropyridines is 1. The summed E-state index contributed by atoms with van der Waals surface area (Å²) in [5, 5.41) is 30.6. The first-order chi connectivity index (χ1) is 17.7. The molecule has 12 nitrogen and oxygen atoms in total. The van der Waals surface area contributed by atoms with Crippen molar-refractivity contribution < 1.29 is 24.2 Å². The Balaban J connectivity index is 1.60. The molecule has 0 aromatic heterocycles. The summed E-state index contributed by atoms with van der Waals surface area (Å²) in [4.78, 5) is 47.0. The summed E-state index contributed by atoms with van der Waals surface area (Å²) in [6, 6.07) is 12.7. The van der Waals surface area contributed by atoms with Crippen LogP contribution in [0.3, 0.4) is 0 Å². The van der Waals surface area contributed by atoms with Gasteiger partial charge in [0.25, 0.3) is 11.4 Å². The molecule has 2 heterocycles. The molecule has 2 aliphatic heterocycles. The van der Waals surface area contributed by atoms with Gasteiger partial charge in [0.2, 0.25) is 5.91 Å². The van der Waals surface area contributed by atoms with Crippen molar-refractivity contribution in [1.29, 1.82) is 0 Å². The quantitative estimate of drug-likeness (QED) is 0.328. The van der Waals surface area contributed by atoms with Crippen molar-refractivity contribution in [3.05, 3.63) is 108 Å². The highest BCUT2D eigenvalue weighted by atomic mass is 16.6. The third-order valence-corrected chi connectivity index (χ3v) is 6.15. The SMILES string of the molecule is CC1=C(C(=O)OCc2ccc(C3=NNC(=O)CC3)cc2)[C@H](c2ccccc2[N+](=O)[O-])C([N+](=O)[O-])=C(C)N1. The van der Waals surface area contributed by atoms with E-state index in [-0.39, 0.29) is 40.7 Å². The number of para-hydroxylation sites is 1. The molecule has 4 rings (SSSR count). The molecule has 0 bridgehead atoms. The summed E-state index contributed by atoms with van der Waals surface area (Å²) in [7, 11) is 0. The van der Waals surface area contributed by atoms with Crippen molar-refractivity contribution in [3.8, 4) is 0 Å². The van der Waals surface area contributed by atoms with Crippen LogP contribution >= 0.6 is 0 Å². The van der Waals surface area contributed by atoms with Crippen molar-refractivity contribution in [2.24, 2.45) is 5.10 Å². The molecule has 190 valence electrons. The lowest BCUT2D eigenvalue weighted by Crippen LogP contribution is -2.32. The highest BCUT2D eigenvalue weighted by molar-refractivity contribution is 6.04. The molecular formula is C25H23N5O7. The van der Waals surface area contributed by atoms with E-state index in [9.17, 15) is 29.8 Å². The molecule has 1 atom stereocenters. The zero-order valence-corrected chi connectivity index (χ0v) is 20.0. The Labute approximate surface area is 211 Å². The number of benzene rings is 2. The molecule has 0 unspecified atom stereocenters. The zero-order chi connectivity index (χ0) is 26.7. The van der Waals surface area contributed by atoms with Gasteiger partial charge < -0.3 is 10.1 Å². The third kappa shape index (κ3) is 5.22. The molecule has 2 N–H and O–H groups in total. The van der Waals surface area contributed by atoms with E-state index in [1.807, 2.05) is 0 Å². The van der Waals surface area contributed by atoms with E-state index in [0.29, 0.717) is 24.1 Å². The minimum Gasteiger partial charge on any atom is -0.457 e. The molecule has 0 fully saturated rings. The summed E-state index contributed by atoms with van der Waals surface area (Å²) >= 11 is 0. The second-order valence-corrected chi connectivity index (χ2v) is 8.55. The van der Waals surface area contributed by atoms with Crippen molar-refractivity contribution in [1.82, 2.24) is 10.7 Å². The number of carbonyl (C=O) groups is 2. The summed E-state index contributed by atoms with van der Waals surface area (Å²) in [5.74, 6) is -2.27. The average molecular weight is 505 g/mol. The van der Waals surface area contributed by atoms with Crippen LogP contribution in [0.4, 0.5) is 5.69 Å². The van der Waals surface area contributed by atoms with Crippen molar-refractivity contribution in [2.75, 3.05) is 0 Å². The Morgan fingerprint density at radius 3 is 2.35 bits per heavy atom. The van der Waals surface area contributed by atoms with Gasteiger partial charge in [-0.15, -0.1) is 0 Å². The molecule has 0 saturated carbocycles. The summed E-state index contributed by atoms with van der Waals surface area (Å²) < 4.78 is 5.51. The smallest absolute Gasteiger partial charge is 0.337 e. The number of rotatable bonds is 7. The Bertz CT molecular complexity index is 1390. The largest absolute Gasteiger partial charge is 0.457 e. The van der Waals surface area contributed by atoms with Gasteiger partial charge in [-0.05, 0) is 25.0 Å². The van der Waals surface area contributed by atoms with E-state index in [4.69, 9.17) is 4.74 Å². The van der Waals surface area contributed by atoms with E-state index in [0.717, 1.165) is 11.3 Å². The van der Waals surface area contributed by atoms with Crippen LogP contribution in [0, 0.1) is 20.2 Å². The molecule has 2 aliphatic rings. The molecule has 1 amide bonds. The maximum Gasteiger partial charge on any atom is 0.337 e. The lowest BCUT2D eigenvalue weighted by molar-refractivity contribution is -0.431. The van der Waals surface area contributed by atoms with E-state index >= 15 is 0 Å². The predicted molar refractivity (Wildman–Crippen MR) is 132 cm³/mol. The van der Waals surface area contributed by atoms with Gasteiger partial charge in [-0.1, -0.05) is 42.5 Å². The van der Waals surface area contributed by atoms with Crippen LogP contribution in [0.1, 0.15) is 49.3 Å². The van der Waals surface area contributed by atoms with Gasteiger partial charge in [0.1, 0.15) is 12.5 Å². The number of carbonyl (C=O) groups excluding carboxylic acids is 2. The molecule has 2 aromatic carbocycles. The number of nitrogens with zero attached hydrogens (tertiary/aromatic N) is 3. The molecule has 0 aliphatic carbocycles. The Morgan fingerprint density at radius 2 is 1.73 bits per heavy atom. The molecular weight excluding hydrogens is 482 g/mol. The van der Waals surface area contributed by atoms with Gasteiger partial charge in [0.15, 0.2) is 0 Å². The highest BCUT2D eigenvalue weighted by Gasteiger charge is 2.43. The van der Waals surface area contributed by atoms with Gasteiger partial charge in [-0.2, -0.15) is 5.10 Å². The van der Waals surface area contributed by atoms with E-state index in [2.05, 4.69) is 15.8 Å². The molecule has 0 radical (unpaired) electrons. The van der Waals surface area contributed by atoms with Crippen LogP contribution in [0.5, 0.6) is 0 Å². The summed E-state index contributed by atoms with van der Waals surface area (Å²) in [6.45, 7) is 2.92. The number of hydrogen-bond acceptors (Lipinski definition) is 9. The number of nitro groups is 2. The number of ether oxygens (including phenoxy) is 1. The molecule has 0 saturated heterocycles. The van der Waals surface area contributed by atoms with Crippen LogP contribution < -0.4 is 10.7 Å². The number of nitro benzene ring substituents is 1. The number of nitrogens with one attached hydrogen (secondary N) is 2. The first-order valence-electron chi connectivity index (χ1n) is 11.4. The van der Waals surface area contributed by atoms with Crippen molar-refractivity contribution >= 4 is 23.3 Å². The first-order valence-corrected chi connectivity index (χ1v) is 11.4. The first kappa shape index (κ1) is 25.2. The second kappa shape index (κ2) is 10.4. The second-order valence-electron chi connectivity index (χ2n) is 8.55. The fraction of sp³-hybridized carbons (Fsp3) is 0.240. The molecule has 37 heavy (non-hydrogen) atoms. The molecule has 2 aromatic rings. The maximum absolute atomic E-state index is 13.3. The number of hydrazone groups is 1. The highest BCUT2D eigenvalue weighted by Crippen LogP contribution is 2.42. The minimum absolute atomic E-state index is 0.0241. The van der Waals surface area contributed by atoms with Crippen molar-refractivity contribution in [2.45, 2.75) is 39.2 Å². The van der Waals surface area contributed by atoms with Gasteiger partial charge in [0.05, 0.1) is 26.8 Å². The normalized spacial score (nSPS) is 17.5. The van der Waals surface area contributed by atoms with Gasteiger partial charge >= 0.3 is 5.97 Å². The lowest BCUT2D eigenvalue weighted by Gasteiger charge is -2.26. The van der Waals surface area contributed by atoms with Gasteiger partial charge in [-0.3, -0.25) is 25.0 Å². The van der Waals surface area contributed by atoms with Gasteiger partial charge in [-0.25, -0.2) is 10.2 Å². The van der Waals surface area contributed by atoms with E-state index < -0.39 is 21.7 Å². The summed E-state index contributed by atoms with van der Waals surface area (Å²) in [5.41, 5.74) is 4.39. The number of hydrogen-bond donors (Lipinski definition) is 2. The standard InChI is InChI=1S/C25H23N5O7/c1-14-22(23(24(30(35)36)15(2)26-14)18-5-3-4-6-20(18)29(33)34)25(32)37-13-16-7-9-17(10-8-16)19-11-12-21(31)28-27-19/h3-10,23,26H,11-13H2,1-2H3,(H,28,31)/t23-/m0/s1. The van der Waals surface area contributed by atoms with Crippen LogP contribution in [0.2, 0.25) is 0 Å². The minimum atomic E-state index is -1.30. The van der Waals surface area contributed by atoms with Gasteiger partial charge in [0, 0.05) is 30.2 Å². The topological polar surface area (TPSA) is 166 Å². The fourth-order valence-electron chi connectivity index (χ4n) is 4.40. The predicted octanol–water partition coefficient (Wildman–Crippen LogP) is 3.42. The van der Waals surface area contributed by atoms with Crippen LogP contribution in [0.15, 0.2) is 76.3 Å².